The SMILES string of the molecule is COCCNCC(C)c1c(C)nc(C2CCCS2)nc1C. The average molecular weight is 309 g/mol. The van der Waals surface area contributed by atoms with Crippen molar-refractivity contribution in [1.82, 2.24) is 15.3 Å². The van der Waals surface area contributed by atoms with Crippen molar-refractivity contribution in [2.45, 2.75) is 44.8 Å². The summed E-state index contributed by atoms with van der Waals surface area (Å²) in [6, 6.07) is 0. The minimum absolute atomic E-state index is 0.423. The summed E-state index contributed by atoms with van der Waals surface area (Å²) in [5.74, 6) is 2.70. The Kier molecular flexibility index (Phi) is 6.45. The Labute approximate surface area is 132 Å². The molecule has 0 aromatic carbocycles. The van der Waals surface area contributed by atoms with E-state index in [9.17, 15) is 0 Å². The molecule has 2 unspecified atom stereocenters. The third-order valence-corrected chi connectivity index (χ3v) is 5.36. The molecule has 0 bridgehead atoms. The molecule has 1 aliphatic rings. The lowest BCUT2D eigenvalue weighted by atomic mass is 9.98. The Balaban J connectivity index is 2.05. The highest BCUT2D eigenvalue weighted by Gasteiger charge is 2.23. The van der Waals surface area contributed by atoms with Crippen LogP contribution >= 0.6 is 11.8 Å². The van der Waals surface area contributed by atoms with Gasteiger partial charge in [-0.2, -0.15) is 11.8 Å². The maximum Gasteiger partial charge on any atom is 0.141 e. The molecule has 21 heavy (non-hydrogen) atoms. The van der Waals surface area contributed by atoms with Gasteiger partial charge in [0.15, 0.2) is 0 Å². The van der Waals surface area contributed by atoms with Gasteiger partial charge in [-0.3, -0.25) is 0 Å². The van der Waals surface area contributed by atoms with Crippen LogP contribution in [-0.2, 0) is 4.74 Å². The second-order valence-electron chi connectivity index (χ2n) is 5.77. The summed E-state index contributed by atoms with van der Waals surface area (Å²) < 4.78 is 5.06. The fourth-order valence-electron chi connectivity index (χ4n) is 2.98. The first kappa shape index (κ1) is 16.7. The molecule has 118 valence electrons. The van der Waals surface area contributed by atoms with Crippen molar-refractivity contribution in [1.29, 1.82) is 0 Å². The van der Waals surface area contributed by atoms with E-state index < -0.39 is 0 Å². The molecule has 1 aliphatic heterocycles. The van der Waals surface area contributed by atoms with Crippen LogP contribution in [0.4, 0.5) is 0 Å². The Hall–Kier alpha value is -0.650. The van der Waals surface area contributed by atoms with Crippen molar-refractivity contribution >= 4 is 11.8 Å². The average Bonchev–Trinajstić information content (AvgIpc) is 2.97. The summed E-state index contributed by atoms with van der Waals surface area (Å²) in [4.78, 5) is 9.59. The molecule has 2 atom stereocenters. The fraction of sp³-hybridized carbons (Fsp3) is 0.750. The normalized spacial score (nSPS) is 19.9. The third kappa shape index (κ3) is 4.41. The van der Waals surface area contributed by atoms with Gasteiger partial charge in [-0.05, 0) is 43.9 Å². The number of methoxy groups -OCH3 is 1. The lowest BCUT2D eigenvalue weighted by molar-refractivity contribution is 0.199. The summed E-state index contributed by atoms with van der Waals surface area (Å²) in [6.45, 7) is 9.06. The van der Waals surface area contributed by atoms with Gasteiger partial charge in [0.05, 0.1) is 11.9 Å². The molecule has 4 nitrogen and oxygen atoms in total. The van der Waals surface area contributed by atoms with Crippen LogP contribution in [0.2, 0.25) is 0 Å². The number of aryl methyl sites for hydroxylation is 2. The number of nitrogens with zero attached hydrogens (tertiary/aromatic N) is 2. The Morgan fingerprint density at radius 1 is 1.33 bits per heavy atom. The van der Waals surface area contributed by atoms with Gasteiger partial charge >= 0.3 is 0 Å². The summed E-state index contributed by atoms with van der Waals surface area (Å²) in [5.41, 5.74) is 3.59. The van der Waals surface area contributed by atoms with Crippen LogP contribution in [0.15, 0.2) is 0 Å². The summed E-state index contributed by atoms with van der Waals surface area (Å²) in [6.07, 6.45) is 2.51. The van der Waals surface area contributed by atoms with Crippen LogP contribution in [0.25, 0.3) is 0 Å². The summed E-state index contributed by atoms with van der Waals surface area (Å²) in [5, 5.41) is 3.93. The molecule has 0 radical (unpaired) electrons. The fourth-order valence-corrected chi connectivity index (χ4v) is 4.19. The van der Waals surface area contributed by atoms with E-state index >= 15 is 0 Å². The highest BCUT2D eigenvalue weighted by atomic mass is 32.2. The van der Waals surface area contributed by atoms with Gasteiger partial charge in [0.1, 0.15) is 5.82 Å². The first-order valence-electron chi connectivity index (χ1n) is 7.79. The molecule has 1 aromatic heterocycles. The van der Waals surface area contributed by atoms with E-state index in [1.54, 1.807) is 7.11 Å². The predicted octanol–water partition coefficient (Wildman–Crippen LogP) is 3.00. The molecular formula is C16H27N3OS. The van der Waals surface area contributed by atoms with Gasteiger partial charge in [-0.15, -0.1) is 0 Å². The van der Waals surface area contributed by atoms with Crippen molar-refractivity contribution in [3.8, 4) is 0 Å². The van der Waals surface area contributed by atoms with Gasteiger partial charge in [0.25, 0.3) is 0 Å². The zero-order valence-corrected chi connectivity index (χ0v) is 14.4. The van der Waals surface area contributed by atoms with Gasteiger partial charge < -0.3 is 10.1 Å². The second kappa shape index (κ2) is 8.11. The number of hydrogen-bond donors (Lipinski definition) is 1. The summed E-state index contributed by atoms with van der Waals surface area (Å²) in [7, 11) is 1.73. The van der Waals surface area contributed by atoms with Crippen LogP contribution in [0.5, 0.6) is 0 Å². The zero-order valence-electron chi connectivity index (χ0n) is 13.6. The van der Waals surface area contributed by atoms with Gasteiger partial charge in [0.2, 0.25) is 0 Å². The van der Waals surface area contributed by atoms with Crippen LogP contribution < -0.4 is 5.32 Å². The molecule has 1 N–H and O–H groups in total. The van der Waals surface area contributed by atoms with E-state index in [1.807, 2.05) is 11.8 Å². The van der Waals surface area contributed by atoms with Crippen molar-refractivity contribution < 1.29 is 4.74 Å². The van der Waals surface area contributed by atoms with E-state index in [-0.39, 0.29) is 0 Å². The minimum atomic E-state index is 0.423. The predicted molar refractivity (Wildman–Crippen MR) is 89.1 cm³/mol. The zero-order chi connectivity index (χ0) is 15.2. The number of ether oxygens (including phenoxy) is 1. The Morgan fingerprint density at radius 3 is 2.62 bits per heavy atom. The lowest BCUT2D eigenvalue weighted by Gasteiger charge is -2.19. The standard InChI is InChI=1S/C16H27N3OS/c1-11(10-17-7-8-20-4)15-12(2)18-16(19-13(15)3)14-6-5-9-21-14/h11,14,17H,5-10H2,1-4H3. The largest absolute Gasteiger partial charge is 0.383 e. The molecule has 1 aromatic rings. The van der Waals surface area contributed by atoms with Crippen molar-refractivity contribution in [2.24, 2.45) is 0 Å². The van der Waals surface area contributed by atoms with E-state index in [0.717, 1.165) is 36.9 Å². The molecular weight excluding hydrogens is 282 g/mol. The molecule has 5 heteroatoms. The highest BCUT2D eigenvalue weighted by molar-refractivity contribution is 7.99. The second-order valence-corrected chi connectivity index (χ2v) is 7.08. The molecule has 0 amide bonds. The van der Waals surface area contributed by atoms with Crippen molar-refractivity contribution in [2.75, 3.05) is 32.6 Å². The smallest absolute Gasteiger partial charge is 0.141 e. The Morgan fingerprint density at radius 2 is 2.05 bits per heavy atom. The van der Waals surface area contributed by atoms with Crippen molar-refractivity contribution in [3.63, 3.8) is 0 Å². The highest BCUT2D eigenvalue weighted by Crippen LogP contribution is 2.38. The monoisotopic (exact) mass is 309 g/mol. The van der Waals surface area contributed by atoms with Gasteiger partial charge in [-0.1, -0.05) is 6.92 Å². The summed E-state index contributed by atoms with van der Waals surface area (Å²) >= 11 is 2.00. The number of nitrogens with one attached hydrogen (secondary N) is 1. The quantitative estimate of drug-likeness (QED) is 0.785. The molecule has 1 fully saturated rings. The van der Waals surface area contributed by atoms with E-state index in [0.29, 0.717) is 11.2 Å². The number of thioether (sulfide) groups is 1. The van der Waals surface area contributed by atoms with Crippen LogP contribution in [0.1, 0.15) is 53.7 Å². The van der Waals surface area contributed by atoms with E-state index in [4.69, 9.17) is 14.7 Å². The first-order valence-corrected chi connectivity index (χ1v) is 8.84. The molecule has 2 heterocycles. The number of aromatic nitrogens is 2. The Bertz CT molecular complexity index is 438. The number of hydrogen-bond acceptors (Lipinski definition) is 5. The topological polar surface area (TPSA) is 47.0 Å². The van der Waals surface area contributed by atoms with E-state index in [1.165, 1.54) is 24.2 Å². The molecule has 1 saturated heterocycles. The third-order valence-electron chi connectivity index (χ3n) is 3.99. The first-order chi connectivity index (χ1) is 10.1. The van der Waals surface area contributed by atoms with Crippen LogP contribution in [-0.4, -0.2) is 42.5 Å². The molecule has 2 rings (SSSR count). The van der Waals surface area contributed by atoms with Gasteiger partial charge in [0, 0.05) is 31.6 Å². The van der Waals surface area contributed by atoms with Gasteiger partial charge in [-0.25, -0.2) is 9.97 Å². The van der Waals surface area contributed by atoms with Crippen LogP contribution in [0.3, 0.4) is 0 Å². The maximum atomic E-state index is 5.06. The molecule has 0 aliphatic carbocycles. The number of rotatable bonds is 7. The molecule has 0 spiro atoms. The molecule has 0 saturated carbocycles. The maximum absolute atomic E-state index is 5.06. The van der Waals surface area contributed by atoms with Crippen LogP contribution in [0, 0.1) is 13.8 Å². The van der Waals surface area contributed by atoms with Crippen molar-refractivity contribution in [3.05, 3.63) is 22.8 Å². The lowest BCUT2D eigenvalue weighted by Crippen LogP contribution is -2.25. The minimum Gasteiger partial charge on any atom is -0.383 e. The van der Waals surface area contributed by atoms with E-state index in [2.05, 4.69) is 26.1 Å².